The van der Waals surface area contributed by atoms with E-state index in [-0.39, 0.29) is 58.1 Å². The molecule has 234 valence electrons. The van der Waals surface area contributed by atoms with E-state index in [1.807, 2.05) is 11.0 Å². The molecule has 2 aliphatic carbocycles. The molecule has 5 aliphatic rings. The molecule has 12 heteroatoms. The number of nitrogens with one attached hydrogen (secondary N) is 1. The van der Waals surface area contributed by atoms with Gasteiger partial charge in [-0.05, 0) is 85.9 Å². The van der Waals surface area contributed by atoms with E-state index in [1.54, 1.807) is 55.3 Å². The van der Waals surface area contributed by atoms with E-state index < -0.39 is 11.8 Å². The van der Waals surface area contributed by atoms with Crippen LogP contribution in [0.25, 0.3) is 0 Å². The Morgan fingerprint density at radius 2 is 1.73 bits per heavy atom. The van der Waals surface area contributed by atoms with Crippen molar-refractivity contribution < 1.29 is 23.9 Å². The molecule has 3 aromatic rings. The SMILES string of the molecule is COc1ccc(N2C(=O)[C@H]3[C@H]4C[C@@H]([C@@H]3C2=O)[C@@H]2[C@H](c3cc(Cl)ccc3OCC(=O)N3CCCCC3)c3sc(=O)[nH]c3S[C@H]42)cc1. The molecule has 4 heterocycles. The van der Waals surface area contributed by atoms with Crippen molar-refractivity contribution in [1.29, 1.82) is 0 Å². The molecule has 7 atom stereocenters. The number of carbonyl (C=O) groups is 3. The predicted octanol–water partition coefficient (Wildman–Crippen LogP) is 5.17. The summed E-state index contributed by atoms with van der Waals surface area (Å²) in [6.07, 6.45) is 3.90. The lowest BCUT2D eigenvalue weighted by Gasteiger charge is -2.43. The second kappa shape index (κ2) is 11.2. The number of anilines is 1. The number of hydrogen-bond acceptors (Lipinski definition) is 8. The minimum Gasteiger partial charge on any atom is -0.497 e. The van der Waals surface area contributed by atoms with Crippen LogP contribution in [-0.2, 0) is 14.4 Å². The quantitative estimate of drug-likeness (QED) is 0.362. The van der Waals surface area contributed by atoms with Crippen LogP contribution in [0.4, 0.5) is 5.69 Å². The molecule has 2 aromatic carbocycles. The second-order valence-electron chi connectivity index (χ2n) is 12.6. The standard InChI is InChI=1S/C33H32ClN3O6S2/c1-42-18-8-6-17(7-9-18)37-31(39)26-20-14-21(27(26)32(37)40)28-25(20)24(29-30(44-28)35-33(41)45-29)19-13-16(34)5-10-22(19)43-15-23(38)36-11-3-2-4-12-36/h5-10,13,20-21,24-28H,2-4,11-12,14-15H2,1H3,(H,35,41)/t20-,21-,24+,25-,26+,27+,28-/m1/s1. The van der Waals surface area contributed by atoms with Crippen LogP contribution in [0.3, 0.4) is 0 Å². The number of methoxy groups -OCH3 is 1. The first-order valence-corrected chi connectivity index (χ1v) is 17.5. The number of piperidine rings is 1. The van der Waals surface area contributed by atoms with E-state index in [9.17, 15) is 19.2 Å². The molecule has 2 saturated carbocycles. The minimum absolute atomic E-state index is 0.0158. The van der Waals surface area contributed by atoms with Gasteiger partial charge >= 0.3 is 4.87 Å². The monoisotopic (exact) mass is 665 g/mol. The van der Waals surface area contributed by atoms with Crippen LogP contribution in [0.5, 0.6) is 11.5 Å². The number of hydrogen-bond donors (Lipinski definition) is 1. The molecular weight excluding hydrogens is 634 g/mol. The maximum atomic E-state index is 14.1. The number of amides is 3. The van der Waals surface area contributed by atoms with Gasteiger partial charge in [0.25, 0.3) is 5.91 Å². The first-order valence-electron chi connectivity index (χ1n) is 15.5. The van der Waals surface area contributed by atoms with Gasteiger partial charge in [0.05, 0.1) is 29.7 Å². The molecule has 0 spiro atoms. The summed E-state index contributed by atoms with van der Waals surface area (Å²) in [4.78, 5) is 60.8. The van der Waals surface area contributed by atoms with Crippen molar-refractivity contribution in [3.05, 3.63) is 67.6 Å². The van der Waals surface area contributed by atoms with E-state index in [0.29, 0.717) is 22.2 Å². The van der Waals surface area contributed by atoms with E-state index >= 15 is 0 Å². The Hall–Kier alpha value is -3.28. The molecule has 1 aromatic heterocycles. The molecule has 45 heavy (non-hydrogen) atoms. The molecular formula is C33H32ClN3O6S2. The number of rotatable bonds is 6. The third kappa shape index (κ3) is 4.64. The van der Waals surface area contributed by atoms with Crippen molar-refractivity contribution in [2.75, 3.05) is 31.7 Å². The zero-order chi connectivity index (χ0) is 31.0. The third-order valence-corrected chi connectivity index (χ3v) is 13.2. The number of aromatic nitrogens is 1. The molecule has 0 unspecified atom stereocenters. The van der Waals surface area contributed by atoms with Crippen LogP contribution >= 0.6 is 34.7 Å². The third-order valence-electron chi connectivity index (χ3n) is 10.4. The molecule has 3 amide bonds. The van der Waals surface area contributed by atoms with Crippen molar-refractivity contribution in [2.24, 2.45) is 29.6 Å². The van der Waals surface area contributed by atoms with Gasteiger partial charge in [-0.3, -0.25) is 24.1 Å². The van der Waals surface area contributed by atoms with Crippen molar-refractivity contribution >= 4 is 58.1 Å². The van der Waals surface area contributed by atoms with Crippen LogP contribution in [0, 0.1) is 29.6 Å². The molecule has 3 aliphatic heterocycles. The molecule has 9 nitrogen and oxygen atoms in total. The summed E-state index contributed by atoms with van der Waals surface area (Å²) in [5.74, 6) is -0.351. The second-order valence-corrected chi connectivity index (χ2v) is 15.2. The van der Waals surface area contributed by atoms with E-state index in [0.717, 1.165) is 54.2 Å². The van der Waals surface area contributed by atoms with Crippen LogP contribution < -0.4 is 19.2 Å². The highest BCUT2D eigenvalue weighted by Crippen LogP contribution is 2.69. The summed E-state index contributed by atoms with van der Waals surface area (Å²) in [6, 6.07) is 12.5. The van der Waals surface area contributed by atoms with Crippen molar-refractivity contribution in [2.45, 2.75) is 41.9 Å². The van der Waals surface area contributed by atoms with Gasteiger partial charge in [0.2, 0.25) is 11.8 Å². The summed E-state index contributed by atoms with van der Waals surface area (Å²) in [7, 11) is 1.58. The van der Waals surface area contributed by atoms with Gasteiger partial charge in [-0.15, -0.1) is 11.8 Å². The summed E-state index contributed by atoms with van der Waals surface area (Å²) < 4.78 is 11.5. The highest BCUT2D eigenvalue weighted by Gasteiger charge is 2.69. The lowest BCUT2D eigenvalue weighted by molar-refractivity contribution is -0.134. The predicted molar refractivity (Wildman–Crippen MR) is 171 cm³/mol. The summed E-state index contributed by atoms with van der Waals surface area (Å²) in [6.45, 7) is 1.40. The first kappa shape index (κ1) is 29.1. The molecule has 8 rings (SSSR count). The number of thioether (sulfide) groups is 1. The van der Waals surface area contributed by atoms with Crippen molar-refractivity contribution in [3.8, 4) is 11.5 Å². The number of halogens is 1. The van der Waals surface area contributed by atoms with Crippen LogP contribution in [0.15, 0.2) is 52.3 Å². The fraction of sp³-hybridized carbons (Fsp3) is 0.455. The molecule has 4 fully saturated rings. The lowest BCUT2D eigenvalue weighted by atomic mass is 9.68. The maximum Gasteiger partial charge on any atom is 0.305 e. The average molecular weight is 666 g/mol. The van der Waals surface area contributed by atoms with Gasteiger partial charge in [-0.1, -0.05) is 22.9 Å². The van der Waals surface area contributed by atoms with E-state index in [4.69, 9.17) is 21.1 Å². The number of imide groups is 1. The van der Waals surface area contributed by atoms with Crippen LogP contribution in [0.1, 0.15) is 42.0 Å². The van der Waals surface area contributed by atoms with Gasteiger partial charge in [0.15, 0.2) is 6.61 Å². The van der Waals surface area contributed by atoms with Gasteiger partial charge < -0.3 is 19.4 Å². The van der Waals surface area contributed by atoms with Gasteiger partial charge in [0.1, 0.15) is 11.5 Å². The number of fused-ring (bicyclic) bond motifs is 9. The van der Waals surface area contributed by atoms with Crippen LogP contribution in [0.2, 0.25) is 5.02 Å². The maximum absolute atomic E-state index is 14.1. The minimum atomic E-state index is -0.435. The largest absolute Gasteiger partial charge is 0.497 e. The number of ether oxygens (including phenoxy) is 2. The topological polar surface area (TPSA) is 109 Å². The average Bonchev–Trinajstić information content (AvgIpc) is 3.79. The van der Waals surface area contributed by atoms with Gasteiger partial charge in [-0.25, -0.2) is 0 Å². The molecule has 2 saturated heterocycles. The summed E-state index contributed by atoms with van der Waals surface area (Å²) in [5, 5.41) is 1.35. The smallest absolute Gasteiger partial charge is 0.305 e. The fourth-order valence-corrected chi connectivity index (χ4v) is 11.7. The Balaban J connectivity index is 1.15. The highest BCUT2D eigenvalue weighted by molar-refractivity contribution is 8.00. The number of aromatic amines is 1. The lowest BCUT2D eigenvalue weighted by Crippen LogP contribution is -2.43. The number of thiazole rings is 1. The highest BCUT2D eigenvalue weighted by atomic mass is 35.5. The Morgan fingerprint density at radius 3 is 2.47 bits per heavy atom. The van der Waals surface area contributed by atoms with E-state index in [2.05, 4.69) is 4.98 Å². The zero-order valence-electron chi connectivity index (χ0n) is 24.6. The summed E-state index contributed by atoms with van der Waals surface area (Å²) in [5.41, 5.74) is 1.37. The Labute approximate surface area is 273 Å². The first-order chi connectivity index (χ1) is 21.8. The normalized spacial score (nSPS) is 29.9. The number of benzene rings is 2. The number of nitrogens with zero attached hydrogens (tertiary/aromatic N) is 2. The van der Waals surface area contributed by atoms with Crippen molar-refractivity contribution in [1.82, 2.24) is 9.88 Å². The number of H-pyrrole nitrogens is 1. The molecule has 0 radical (unpaired) electrons. The number of carbonyl (C=O) groups excluding carboxylic acids is 3. The van der Waals surface area contributed by atoms with Gasteiger partial charge in [-0.2, -0.15) is 0 Å². The number of likely N-dealkylation sites (tertiary alicyclic amines) is 1. The van der Waals surface area contributed by atoms with Crippen LogP contribution in [-0.4, -0.2) is 59.7 Å². The Morgan fingerprint density at radius 1 is 1.00 bits per heavy atom. The molecule has 1 N–H and O–H groups in total. The zero-order valence-corrected chi connectivity index (χ0v) is 27.0. The van der Waals surface area contributed by atoms with E-state index in [1.165, 1.54) is 16.2 Å². The van der Waals surface area contributed by atoms with Crippen molar-refractivity contribution in [3.63, 3.8) is 0 Å². The molecule has 2 bridgehead atoms. The Kier molecular flexibility index (Phi) is 7.26. The van der Waals surface area contributed by atoms with Gasteiger partial charge in [0, 0.05) is 39.7 Å². The fourth-order valence-electron chi connectivity index (χ4n) is 8.62. The summed E-state index contributed by atoms with van der Waals surface area (Å²) >= 11 is 9.41. The Bertz CT molecular complexity index is 1750.